The first-order valence-corrected chi connectivity index (χ1v) is 6.15. The van der Waals surface area contributed by atoms with Gasteiger partial charge in [-0.1, -0.05) is 12.8 Å². The minimum absolute atomic E-state index is 0.0580. The SMILES string of the molecule is O=C(O)C1(c2c(F)cc(F)c3occc23)CCCC1. The highest BCUT2D eigenvalue weighted by Gasteiger charge is 2.46. The third-order valence-corrected chi connectivity index (χ3v) is 3.99. The zero-order chi connectivity index (χ0) is 13.6. The average molecular weight is 266 g/mol. The van der Waals surface area contributed by atoms with Gasteiger partial charge in [-0.2, -0.15) is 0 Å². The largest absolute Gasteiger partial charge is 0.481 e. The molecule has 1 aliphatic carbocycles. The van der Waals surface area contributed by atoms with Crippen molar-refractivity contribution in [2.24, 2.45) is 0 Å². The number of hydrogen-bond acceptors (Lipinski definition) is 2. The van der Waals surface area contributed by atoms with E-state index in [4.69, 9.17) is 4.42 Å². The smallest absolute Gasteiger partial charge is 0.314 e. The third kappa shape index (κ3) is 1.57. The van der Waals surface area contributed by atoms with Crippen LogP contribution in [0.4, 0.5) is 8.78 Å². The van der Waals surface area contributed by atoms with Crippen molar-refractivity contribution in [3.8, 4) is 0 Å². The van der Waals surface area contributed by atoms with Crippen LogP contribution in [0.1, 0.15) is 31.2 Å². The van der Waals surface area contributed by atoms with Gasteiger partial charge in [-0.3, -0.25) is 4.79 Å². The van der Waals surface area contributed by atoms with Crippen LogP contribution in [-0.2, 0) is 10.2 Å². The quantitative estimate of drug-likeness (QED) is 0.903. The predicted molar refractivity (Wildman–Crippen MR) is 63.9 cm³/mol. The molecule has 2 aromatic rings. The Morgan fingerprint density at radius 1 is 1.26 bits per heavy atom. The summed E-state index contributed by atoms with van der Waals surface area (Å²) in [5.41, 5.74) is -1.29. The molecule has 0 saturated heterocycles. The fourth-order valence-corrected chi connectivity index (χ4v) is 3.10. The van der Waals surface area contributed by atoms with Crippen LogP contribution >= 0.6 is 0 Å². The lowest BCUT2D eigenvalue weighted by molar-refractivity contribution is -0.143. The van der Waals surface area contributed by atoms with Gasteiger partial charge in [0, 0.05) is 17.0 Å². The zero-order valence-corrected chi connectivity index (χ0v) is 10.1. The fourth-order valence-electron chi connectivity index (χ4n) is 3.10. The molecule has 0 atom stereocenters. The number of carbonyl (C=O) groups is 1. The third-order valence-electron chi connectivity index (χ3n) is 3.99. The van der Waals surface area contributed by atoms with Crippen LogP contribution in [-0.4, -0.2) is 11.1 Å². The van der Waals surface area contributed by atoms with E-state index >= 15 is 0 Å². The van der Waals surface area contributed by atoms with E-state index < -0.39 is 23.0 Å². The summed E-state index contributed by atoms with van der Waals surface area (Å²) in [7, 11) is 0. The van der Waals surface area contributed by atoms with Crippen LogP contribution in [0.15, 0.2) is 22.8 Å². The summed E-state index contributed by atoms with van der Waals surface area (Å²) in [5.74, 6) is -2.67. The minimum atomic E-state index is -1.26. The van der Waals surface area contributed by atoms with Crippen molar-refractivity contribution in [3.05, 3.63) is 35.6 Å². The Bertz CT molecular complexity index is 654. The first kappa shape index (κ1) is 12.1. The zero-order valence-electron chi connectivity index (χ0n) is 10.1. The first-order valence-electron chi connectivity index (χ1n) is 6.15. The molecule has 0 bridgehead atoms. The number of rotatable bonds is 2. The van der Waals surface area contributed by atoms with Crippen molar-refractivity contribution in [2.45, 2.75) is 31.1 Å². The van der Waals surface area contributed by atoms with Crippen LogP contribution < -0.4 is 0 Å². The number of carboxylic acids is 1. The maximum Gasteiger partial charge on any atom is 0.314 e. The van der Waals surface area contributed by atoms with E-state index in [1.165, 1.54) is 12.3 Å². The fraction of sp³-hybridized carbons (Fsp3) is 0.357. The lowest BCUT2D eigenvalue weighted by Crippen LogP contribution is -2.34. The summed E-state index contributed by atoms with van der Waals surface area (Å²) in [4.78, 5) is 11.6. The summed E-state index contributed by atoms with van der Waals surface area (Å²) in [6.45, 7) is 0. The number of benzene rings is 1. The number of fused-ring (bicyclic) bond motifs is 1. The number of furan rings is 1. The molecule has 100 valence electrons. The molecule has 3 rings (SSSR count). The van der Waals surface area contributed by atoms with Crippen LogP contribution in [0.25, 0.3) is 11.0 Å². The summed E-state index contributed by atoms with van der Waals surface area (Å²) < 4.78 is 32.8. The normalized spacial score (nSPS) is 18.0. The Morgan fingerprint density at radius 2 is 1.95 bits per heavy atom. The Labute approximate surface area is 107 Å². The van der Waals surface area contributed by atoms with Gasteiger partial charge in [-0.25, -0.2) is 8.78 Å². The summed E-state index contributed by atoms with van der Waals surface area (Å²) in [6.07, 6.45) is 3.43. The van der Waals surface area contributed by atoms with Crippen LogP contribution in [0.2, 0.25) is 0 Å². The van der Waals surface area contributed by atoms with Crippen LogP contribution in [0.5, 0.6) is 0 Å². The van der Waals surface area contributed by atoms with Gasteiger partial charge in [-0.15, -0.1) is 0 Å². The Morgan fingerprint density at radius 3 is 2.58 bits per heavy atom. The molecule has 1 fully saturated rings. The van der Waals surface area contributed by atoms with Gasteiger partial charge in [-0.05, 0) is 18.9 Å². The van der Waals surface area contributed by atoms with Gasteiger partial charge in [0.25, 0.3) is 0 Å². The van der Waals surface area contributed by atoms with Crippen molar-refractivity contribution < 1.29 is 23.1 Å². The van der Waals surface area contributed by atoms with Crippen molar-refractivity contribution in [1.82, 2.24) is 0 Å². The van der Waals surface area contributed by atoms with E-state index in [1.807, 2.05) is 0 Å². The molecule has 5 heteroatoms. The molecule has 0 spiro atoms. The topological polar surface area (TPSA) is 50.4 Å². The number of carboxylic acid groups (broad SMARTS) is 1. The molecular formula is C14H12F2O3. The Hall–Kier alpha value is -1.91. The second-order valence-corrected chi connectivity index (χ2v) is 4.97. The predicted octanol–water partition coefficient (Wildman–Crippen LogP) is 3.61. The maximum absolute atomic E-state index is 14.2. The maximum atomic E-state index is 14.2. The minimum Gasteiger partial charge on any atom is -0.481 e. The summed E-state index contributed by atoms with van der Waals surface area (Å²) in [6, 6.07) is 2.14. The van der Waals surface area contributed by atoms with Crippen LogP contribution in [0, 0.1) is 11.6 Å². The average Bonchev–Trinajstić information content (AvgIpc) is 2.97. The first-order chi connectivity index (χ1) is 9.06. The van der Waals surface area contributed by atoms with Crippen molar-refractivity contribution in [3.63, 3.8) is 0 Å². The van der Waals surface area contributed by atoms with Gasteiger partial charge in [0.15, 0.2) is 11.4 Å². The molecule has 19 heavy (non-hydrogen) atoms. The highest BCUT2D eigenvalue weighted by molar-refractivity contribution is 5.91. The van der Waals surface area contributed by atoms with E-state index in [9.17, 15) is 18.7 Å². The lowest BCUT2D eigenvalue weighted by Gasteiger charge is -2.25. The van der Waals surface area contributed by atoms with Gasteiger partial charge in [0.2, 0.25) is 0 Å². The number of aliphatic carboxylic acids is 1. The lowest BCUT2D eigenvalue weighted by atomic mass is 9.77. The standard InChI is InChI=1S/C14H12F2O3/c15-9-7-10(16)12-8(3-6-19-12)11(9)14(13(17)18)4-1-2-5-14/h3,6-7H,1-2,4-5H2,(H,17,18). The molecule has 1 aromatic carbocycles. The van der Waals surface area contributed by atoms with E-state index in [2.05, 4.69) is 0 Å². The molecule has 1 heterocycles. The molecule has 1 saturated carbocycles. The van der Waals surface area contributed by atoms with Crippen molar-refractivity contribution in [2.75, 3.05) is 0 Å². The molecule has 0 radical (unpaired) electrons. The summed E-state index contributed by atoms with van der Waals surface area (Å²) in [5, 5.41) is 9.74. The Balaban J connectivity index is 2.35. The van der Waals surface area contributed by atoms with Gasteiger partial charge >= 0.3 is 5.97 Å². The van der Waals surface area contributed by atoms with E-state index in [0.29, 0.717) is 18.9 Å². The molecule has 1 aromatic heterocycles. The molecule has 0 amide bonds. The van der Waals surface area contributed by atoms with E-state index in [0.717, 1.165) is 12.8 Å². The van der Waals surface area contributed by atoms with Crippen molar-refractivity contribution in [1.29, 1.82) is 0 Å². The Kier molecular flexibility index (Phi) is 2.59. The molecule has 1 aliphatic rings. The van der Waals surface area contributed by atoms with Crippen LogP contribution in [0.3, 0.4) is 0 Å². The van der Waals surface area contributed by atoms with Gasteiger partial charge in [0.1, 0.15) is 5.82 Å². The molecule has 3 nitrogen and oxygen atoms in total. The monoisotopic (exact) mass is 266 g/mol. The second kappa shape index (κ2) is 4.05. The second-order valence-electron chi connectivity index (χ2n) is 4.97. The highest BCUT2D eigenvalue weighted by Crippen LogP contribution is 2.45. The van der Waals surface area contributed by atoms with E-state index in [-0.39, 0.29) is 16.5 Å². The highest BCUT2D eigenvalue weighted by atomic mass is 19.1. The molecule has 0 aliphatic heterocycles. The van der Waals surface area contributed by atoms with E-state index in [1.54, 1.807) is 0 Å². The molecule has 0 unspecified atom stereocenters. The number of halogens is 2. The summed E-state index contributed by atoms with van der Waals surface area (Å²) >= 11 is 0. The molecular weight excluding hydrogens is 254 g/mol. The van der Waals surface area contributed by atoms with Gasteiger partial charge < -0.3 is 9.52 Å². The van der Waals surface area contributed by atoms with Gasteiger partial charge in [0.05, 0.1) is 11.7 Å². The van der Waals surface area contributed by atoms with Crippen molar-refractivity contribution >= 4 is 16.9 Å². The number of hydrogen-bond donors (Lipinski definition) is 1. The molecule has 1 N–H and O–H groups in total.